The Morgan fingerprint density at radius 1 is 0.476 bits per heavy atom. The molecule has 0 aliphatic heterocycles. The largest absolute Gasteiger partial charge is 0.359 e. The molecule has 5 aromatic rings. The predicted octanol–water partition coefficient (Wildman–Crippen LogP) is 11.1. The first-order valence-electron chi connectivity index (χ1n) is 14.5. The summed E-state index contributed by atoms with van der Waals surface area (Å²) >= 11 is 0. The van der Waals surface area contributed by atoms with Crippen molar-refractivity contribution in [2.45, 2.75) is 12.8 Å². The van der Waals surface area contributed by atoms with E-state index < -0.39 is 0 Å². The molecule has 1 N–H and O–H groups in total. The van der Waals surface area contributed by atoms with Crippen LogP contribution < -0.4 is 10.2 Å². The highest BCUT2D eigenvalue weighted by molar-refractivity contribution is 5.77. The fourth-order valence-electron chi connectivity index (χ4n) is 5.09. The molecule has 42 heavy (non-hydrogen) atoms. The van der Waals surface area contributed by atoms with E-state index in [0.717, 1.165) is 35.6 Å². The highest BCUT2D eigenvalue weighted by atomic mass is 15.1. The summed E-state index contributed by atoms with van der Waals surface area (Å²) < 4.78 is 0. The standard InChI is InChI=1S/C40H34N2/c1-4-11-32(12-5-1)19-20-33-23-27-36(28-24-33)41-37-14-10-13-35(31-37)22-21-34-25-29-40(30-26-34)42(38-15-6-2-7-16-38)39-17-8-3-9-18-39/h1-9,11-13,15-31,41H,10,14H2. The molecule has 2 heteroatoms. The van der Waals surface area contributed by atoms with Crippen molar-refractivity contribution in [2.24, 2.45) is 0 Å². The lowest BCUT2D eigenvalue weighted by Gasteiger charge is -2.25. The molecule has 1 aliphatic rings. The highest BCUT2D eigenvalue weighted by Crippen LogP contribution is 2.34. The number of benzene rings is 5. The molecule has 0 heterocycles. The molecule has 2 nitrogen and oxygen atoms in total. The molecule has 204 valence electrons. The number of rotatable bonds is 9. The normalized spacial score (nSPS) is 13.1. The number of hydrogen-bond acceptors (Lipinski definition) is 2. The van der Waals surface area contributed by atoms with Crippen molar-refractivity contribution in [1.82, 2.24) is 0 Å². The maximum atomic E-state index is 3.62. The van der Waals surface area contributed by atoms with Gasteiger partial charge in [0.2, 0.25) is 0 Å². The van der Waals surface area contributed by atoms with E-state index in [0.29, 0.717) is 0 Å². The Kier molecular flexibility index (Phi) is 8.53. The third-order valence-electron chi connectivity index (χ3n) is 7.27. The van der Waals surface area contributed by atoms with E-state index >= 15 is 0 Å². The van der Waals surface area contributed by atoms with Gasteiger partial charge in [0, 0.05) is 28.4 Å². The minimum absolute atomic E-state index is 1.01. The molecular weight excluding hydrogens is 508 g/mol. The van der Waals surface area contributed by atoms with Gasteiger partial charge in [-0.05, 0) is 89.7 Å². The first-order chi connectivity index (χ1) is 20.8. The summed E-state index contributed by atoms with van der Waals surface area (Å²) in [7, 11) is 0. The van der Waals surface area contributed by atoms with Crippen LogP contribution in [-0.2, 0) is 0 Å². The zero-order chi connectivity index (χ0) is 28.4. The van der Waals surface area contributed by atoms with Crippen LogP contribution in [0.1, 0.15) is 29.5 Å². The van der Waals surface area contributed by atoms with Crippen molar-refractivity contribution >= 4 is 41.0 Å². The Hall–Kier alpha value is -5.34. The van der Waals surface area contributed by atoms with Crippen molar-refractivity contribution in [3.05, 3.63) is 186 Å². The van der Waals surface area contributed by atoms with Gasteiger partial charge in [0.25, 0.3) is 0 Å². The fraction of sp³-hybridized carbons (Fsp3) is 0.0500. The minimum atomic E-state index is 1.01. The average Bonchev–Trinajstić information content (AvgIpc) is 3.06. The van der Waals surface area contributed by atoms with Crippen molar-refractivity contribution in [3.8, 4) is 0 Å². The number of para-hydroxylation sites is 2. The maximum Gasteiger partial charge on any atom is 0.0462 e. The number of anilines is 4. The summed E-state index contributed by atoms with van der Waals surface area (Å²) in [5, 5.41) is 3.62. The molecular formula is C40H34N2. The van der Waals surface area contributed by atoms with Crippen LogP contribution in [0.2, 0.25) is 0 Å². The van der Waals surface area contributed by atoms with E-state index in [-0.39, 0.29) is 0 Å². The molecule has 0 bridgehead atoms. The molecule has 0 atom stereocenters. The van der Waals surface area contributed by atoms with Gasteiger partial charge in [-0.25, -0.2) is 0 Å². The molecule has 0 unspecified atom stereocenters. The summed E-state index contributed by atoms with van der Waals surface area (Å²) in [4.78, 5) is 2.28. The molecule has 0 fully saturated rings. The summed E-state index contributed by atoms with van der Waals surface area (Å²) in [6.45, 7) is 0. The number of allylic oxidation sites excluding steroid dienone is 5. The van der Waals surface area contributed by atoms with Crippen LogP contribution in [0.4, 0.5) is 22.7 Å². The molecule has 0 aromatic heterocycles. The molecule has 1 aliphatic carbocycles. The van der Waals surface area contributed by atoms with E-state index in [9.17, 15) is 0 Å². The summed E-state index contributed by atoms with van der Waals surface area (Å²) in [6, 6.07) is 48.7. The van der Waals surface area contributed by atoms with Crippen LogP contribution in [0, 0.1) is 0 Å². The fourth-order valence-corrected chi connectivity index (χ4v) is 5.09. The van der Waals surface area contributed by atoms with Gasteiger partial charge in [0.1, 0.15) is 0 Å². The molecule has 6 rings (SSSR count). The smallest absolute Gasteiger partial charge is 0.0462 e. The van der Waals surface area contributed by atoms with Crippen LogP contribution in [0.3, 0.4) is 0 Å². The lowest BCUT2D eigenvalue weighted by molar-refractivity contribution is 0.957. The second kappa shape index (κ2) is 13.3. The Labute approximate surface area is 249 Å². The molecule has 0 saturated carbocycles. The van der Waals surface area contributed by atoms with Gasteiger partial charge in [-0.1, -0.05) is 121 Å². The second-order valence-electron chi connectivity index (χ2n) is 10.3. The van der Waals surface area contributed by atoms with Gasteiger partial charge in [-0.2, -0.15) is 0 Å². The number of nitrogens with one attached hydrogen (secondary N) is 1. The molecule has 0 saturated heterocycles. The predicted molar refractivity (Wildman–Crippen MR) is 181 cm³/mol. The first-order valence-corrected chi connectivity index (χ1v) is 14.5. The second-order valence-corrected chi connectivity index (χ2v) is 10.3. The van der Waals surface area contributed by atoms with Crippen molar-refractivity contribution in [2.75, 3.05) is 10.2 Å². The third kappa shape index (κ3) is 7.04. The van der Waals surface area contributed by atoms with Gasteiger partial charge in [-0.15, -0.1) is 0 Å². The Morgan fingerprint density at radius 3 is 1.55 bits per heavy atom. The van der Waals surface area contributed by atoms with Crippen molar-refractivity contribution in [3.63, 3.8) is 0 Å². The monoisotopic (exact) mass is 542 g/mol. The van der Waals surface area contributed by atoms with Crippen LogP contribution in [-0.4, -0.2) is 0 Å². The van der Waals surface area contributed by atoms with Crippen LogP contribution in [0.25, 0.3) is 18.2 Å². The Morgan fingerprint density at radius 2 is 0.952 bits per heavy atom. The van der Waals surface area contributed by atoms with Crippen LogP contribution in [0.5, 0.6) is 0 Å². The quantitative estimate of drug-likeness (QED) is 0.186. The minimum Gasteiger partial charge on any atom is -0.359 e. The van der Waals surface area contributed by atoms with E-state index in [1.54, 1.807) is 0 Å². The Bertz CT molecular complexity index is 1650. The highest BCUT2D eigenvalue weighted by Gasteiger charge is 2.11. The van der Waals surface area contributed by atoms with E-state index in [2.05, 4.69) is 180 Å². The summed E-state index contributed by atoms with van der Waals surface area (Å²) in [6.07, 6.45) is 15.3. The van der Waals surface area contributed by atoms with Gasteiger partial charge >= 0.3 is 0 Å². The third-order valence-corrected chi connectivity index (χ3v) is 7.27. The van der Waals surface area contributed by atoms with Gasteiger partial charge in [-0.3, -0.25) is 0 Å². The molecule has 5 aromatic carbocycles. The van der Waals surface area contributed by atoms with Gasteiger partial charge < -0.3 is 10.2 Å². The molecule has 0 spiro atoms. The summed E-state index contributed by atoms with van der Waals surface area (Å²) in [5.74, 6) is 0. The first kappa shape index (κ1) is 26.9. The van der Waals surface area contributed by atoms with Crippen molar-refractivity contribution < 1.29 is 0 Å². The Balaban J connectivity index is 1.11. The lowest BCUT2D eigenvalue weighted by Crippen LogP contribution is -2.09. The zero-order valence-corrected chi connectivity index (χ0v) is 23.6. The summed E-state index contributed by atoms with van der Waals surface area (Å²) in [5.41, 5.74) is 10.6. The molecule has 0 amide bonds. The number of hydrogen-bond donors (Lipinski definition) is 1. The van der Waals surface area contributed by atoms with E-state index in [4.69, 9.17) is 0 Å². The van der Waals surface area contributed by atoms with Crippen LogP contribution >= 0.6 is 0 Å². The van der Waals surface area contributed by atoms with E-state index in [1.807, 2.05) is 6.07 Å². The maximum absolute atomic E-state index is 3.62. The van der Waals surface area contributed by atoms with E-state index in [1.165, 1.54) is 28.0 Å². The molecule has 0 radical (unpaired) electrons. The zero-order valence-electron chi connectivity index (χ0n) is 23.6. The lowest BCUT2D eigenvalue weighted by atomic mass is 10.0. The van der Waals surface area contributed by atoms with Gasteiger partial charge in [0.15, 0.2) is 0 Å². The average molecular weight is 543 g/mol. The van der Waals surface area contributed by atoms with Gasteiger partial charge in [0.05, 0.1) is 0 Å². The van der Waals surface area contributed by atoms with Crippen molar-refractivity contribution in [1.29, 1.82) is 0 Å². The number of nitrogens with zero attached hydrogens (tertiary/aromatic N) is 1. The van der Waals surface area contributed by atoms with Crippen LogP contribution in [0.15, 0.2) is 169 Å². The topological polar surface area (TPSA) is 15.3 Å². The SMILES string of the molecule is C(=Cc1ccc(N(c2ccccc2)c2ccccc2)cc1)C1=CCCC(Nc2ccc(C=Cc3ccccc3)cc2)=C1.